The molecule has 222 valence electrons. The summed E-state index contributed by atoms with van der Waals surface area (Å²) in [6.45, 7) is 3.31. The highest BCUT2D eigenvalue weighted by Crippen LogP contribution is 2.42. The number of benzene rings is 2. The number of carbonyl (C=O) groups excluding carboxylic acids is 2. The average molecular weight is 580 g/mol. The maximum absolute atomic E-state index is 14.0. The number of rotatable bonds is 5. The van der Waals surface area contributed by atoms with Crippen molar-refractivity contribution in [3.8, 4) is 0 Å². The Hall–Kier alpha value is -3.66. The minimum absolute atomic E-state index is 0.00534. The Morgan fingerprint density at radius 2 is 1.64 bits per heavy atom. The van der Waals surface area contributed by atoms with Gasteiger partial charge in [0.1, 0.15) is 6.54 Å². The summed E-state index contributed by atoms with van der Waals surface area (Å²) in [7, 11) is 0. The van der Waals surface area contributed by atoms with Crippen LogP contribution in [0.5, 0.6) is 0 Å². The van der Waals surface area contributed by atoms with Gasteiger partial charge in [-0.1, -0.05) is 48.5 Å². The van der Waals surface area contributed by atoms with Gasteiger partial charge in [-0.05, 0) is 55.4 Å². The van der Waals surface area contributed by atoms with Crippen LogP contribution in [-0.2, 0) is 35.4 Å². The van der Waals surface area contributed by atoms with Gasteiger partial charge in [-0.2, -0.15) is 18.3 Å². The van der Waals surface area contributed by atoms with Crippen LogP contribution in [-0.4, -0.2) is 56.6 Å². The van der Waals surface area contributed by atoms with Crippen molar-refractivity contribution >= 4 is 17.5 Å². The van der Waals surface area contributed by atoms with E-state index in [4.69, 9.17) is 0 Å². The van der Waals surface area contributed by atoms with Crippen LogP contribution in [0.4, 0.5) is 18.9 Å². The summed E-state index contributed by atoms with van der Waals surface area (Å²) in [6.07, 6.45) is -0.314. The second-order valence-electron chi connectivity index (χ2n) is 11.8. The molecule has 0 spiro atoms. The summed E-state index contributed by atoms with van der Waals surface area (Å²) in [6, 6.07) is 19.3. The number of carbonyl (C=O) groups is 2. The zero-order chi connectivity index (χ0) is 29.4. The van der Waals surface area contributed by atoms with Gasteiger partial charge in [0.15, 0.2) is 5.69 Å². The molecule has 2 aliphatic heterocycles. The van der Waals surface area contributed by atoms with E-state index in [1.807, 2.05) is 42.5 Å². The minimum Gasteiger partial charge on any atom is -0.335 e. The first-order chi connectivity index (χ1) is 20.2. The lowest BCUT2D eigenvalue weighted by atomic mass is 10.1. The first-order valence-corrected chi connectivity index (χ1v) is 14.8. The smallest absolute Gasteiger partial charge is 0.335 e. The molecular formula is C32H36F3N5O2. The summed E-state index contributed by atoms with van der Waals surface area (Å²) in [5, 5.41) is 3.85. The molecule has 2 bridgehead atoms. The Kier molecular flexibility index (Phi) is 7.83. The number of alkyl halides is 3. The molecule has 2 atom stereocenters. The van der Waals surface area contributed by atoms with Crippen LogP contribution in [0.25, 0.3) is 0 Å². The molecule has 10 heteroatoms. The summed E-state index contributed by atoms with van der Waals surface area (Å²) in [5.74, 6) is -0.333. The fourth-order valence-corrected chi connectivity index (χ4v) is 6.55. The zero-order valence-electron chi connectivity index (χ0n) is 23.8. The molecule has 7 nitrogen and oxygen atoms in total. The minimum atomic E-state index is -4.57. The molecule has 1 aromatic heterocycles. The molecule has 0 N–H and O–H groups in total. The number of nitrogens with zero attached hydrogens (tertiary/aromatic N) is 5. The molecule has 3 aromatic rings. The predicted octanol–water partition coefficient (Wildman–Crippen LogP) is 5.60. The van der Waals surface area contributed by atoms with Gasteiger partial charge in [0, 0.05) is 62.5 Å². The molecule has 0 unspecified atom stereocenters. The number of para-hydroxylation sites is 1. The number of halogens is 3. The molecule has 2 amide bonds. The van der Waals surface area contributed by atoms with Crippen molar-refractivity contribution in [1.82, 2.24) is 19.6 Å². The Balaban J connectivity index is 1.35. The van der Waals surface area contributed by atoms with Crippen molar-refractivity contribution in [2.24, 2.45) is 0 Å². The third-order valence-electron chi connectivity index (χ3n) is 8.85. The van der Waals surface area contributed by atoms with Crippen LogP contribution in [0.15, 0.2) is 60.7 Å². The topological polar surface area (TPSA) is 61.7 Å². The average Bonchev–Trinajstić information content (AvgIpc) is 3.60. The van der Waals surface area contributed by atoms with Crippen molar-refractivity contribution in [3.63, 3.8) is 0 Å². The molecule has 2 fully saturated rings. The van der Waals surface area contributed by atoms with E-state index in [1.165, 1.54) is 10.2 Å². The van der Waals surface area contributed by atoms with Gasteiger partial charge in [0.25, 0.3) is 0 Å². The fourth-order valence-electron chi connectivity index (χ4n) is 6.55. The van der Waals surface area contributed by atoms with Gasteiger partial charge < -0.3 is 9.80 Å². The Bertz CT molecular complexity index is 1440. The van der Waals surface area contributed by atoms with Gasteiger partial charge in [0.2, 0.25) is 11.8 Å². The van der Waals surface area contributed by atoms with E-state index in [-0.39, 0.29) is 42.9 Å². The van der Waals surface area contributed by atoms with Crippen LogP contribution in [0.2, 0.25) is 0 Å². The Morgan fingerprint density at radius 1 is 0.929 bits per heavy atom. The van der Waals surface area contributed by atoms with Crippen LogP contribution in [0.1, 0.15) is 67.5 Å². The fraction of sp³-hybridized carbons (Fsp3) is 0.469. The summed E-state index contributed by atoms with van der Waals surface area (Å²) in [4.78, 5) is 32.9. The van der Waals surface area contributed by atoms with E-state index < -0.39 is 11.9 Å². The van der Waals surface area contributed by atoms with Gasteiger partial charge >= 0.3 is 6.18 Å². The van der Waals surface area contributed by atoms with E-state index >= 15 is 0 Å². The van der Waals surface area contributed by atoms with Crippen molar-refractivity contribution in [3.05, 3.63) is 83.2 Å². The Labute approximate surface area is 243 Å². The van der Waals surface area contributed by atoms with Gasteiger partial charge in [0.05, 0.1) is 0 Å². The molecule has 3 heterocycles. The summed E-state index contributed by atoms with van der Waals surface area (Å²) in [5.41, 5.74) is 2.31. The van der Waals surface area contributed by atoms with Gasteiger partial charge in [-0.15, -0.1) is 0 Å². The third kappa shape index (κ3) is 6.09. The number of anilines is 1. The largest absolute Gasteiger partial charge is 0.435 e. The van der Waals surface area contributed by atoms with E-state index in [2.05, 4.69) is 22.1 Å². The molecule has 3 aliphatic rings. The van der Waals surface area contributed by atoms with Crippen molar-refractivity contribution in [2.45, 2.75) is 82.8 Å². The van der Waals surface area contributed by atoms with Gasteiger partial charge in [-0.3, -0.25) is 19.2 Å². The molecule has 6 rings (SSSR count). The zero-order valence-corrected chi connectivity index (χ0v) is 23.8. The highest BCUT2D eigenvalue weighted by Gasteiger charge is 2.40. The lowest BCUT2D eigenvalue weighted by molar-refractivity contribution is -0.142. The van der Waals surface area contributed by atoms with E-state index in [0.29, 0.717) is 18.8 Å². The molecule has 1 saturated carbocycles. The van der Waals surface area contributed by atoms with E-state index in [1.54, 1.807) is 16.7 Å². The van der Waals surface area contributed by atoms with Crippen molar-refractivity contribution in [1.29, 1.82) is 0 Å². The maximum atomic E-state index is 14.0. The predicted molar refractivity (Wildman–Crippen MR) is 153 cm³/mol. The number of fused-ring (bicyclic) bond motifs is 3. The van der Waals surface area contributed by atoms with Gasteiger partial charge in [-0.25, -0.2) is 0 Å². The quantitative estimate of drug-likeness (QED) is 0.395. The van der Waals surface area contributed by atoms with Crippen LogP contribution in [0, 0.1) is 0 Å². The molecule has 2 aromatic carbocycles. The maximum Gasteiger partial charge on any atom is 0.435 e. The van der Waals surface area contributed by atoms with Crippen molar-refractivity contribution < 1.29 is 22.8 Å². The molecule has 42 heavy (non-hydrogen) atoms. The molecular weight excluding hydrogens is 543 g/mol. The number of aromatic nitrogens is 2. The number of hydrogen-bond donors (Lipinski definition) is 0. The lowest BCUT2D eigenvalue weighted by Gasteiger charge is -2.34. The molecule has 0 radical (unpaired) electrons. The van der Waals surface area contributed by atoms with Crippen molar-refractivity contribution in [2.75, 3.05) is 18.0 Å². The monoisotopic (exact) mass is 579 g/mol. The lowest BCUT2D eigenvalue weighted by Crippen LogP contribution is -2.45. The highest BCUT2D eigenvalue weighted by molar-refractivity contribution is 5.92. The SMILES string of the molecule is CC(=O)N1CC[C@@H]2CC[C@H](CN(C(=O)Cn3nc(C(F)(F)F)cc3C3CC3)Cc3ccccc31)N2Cc1ccccc1. The summed E-state index contributed by atoms with van der Waals surface area (Å²) >= 11 is 0. The third-order valence-corrected chi connectivity index (χ3v) is 8.85. The van der Waals surface area contributed by atoms with E-state index in [9.17, 15) is 22.8 Å². The standard InChI is InChI=1S/C32H36F3N5O2/c1-22(41)38-16-15-26-13-14-27(39(26)18-23-7-3-2-4-8-23)20-37(19-25-9-5-6-10-28(25)38)31(42)21-40-29(24-11-12-24)17-30(36-40)32(33,34)35/h2-10,17,24,26-27H,11-16,18-21H2,1H3/t26-,27+/m0/s1. The molecule has 1 aliphatic carbocycles. The second-order valence-corrected chi connectivity index (χ2v) is 11.8. The highest BCUT2D eigenvalue weighted by atomic mass is 19.4. The number of amides is 2. The second kappa shape index (κ2) is 11.6. The van der Waals surface area contributed by atoms with Crippen LogP contribution in [0.3, 0.4) is 0 Å². The van der Waals surface area contributed by atoms with E-state index in [0.717, 1.165) is 56.0 Å². The normalized spacial score (nSPS) is 21.6. The van der Waals surface area contributed by atoms with Crippen LogP contribution >= 0.6 is 0 Å². The van der Waals surface area contributed by atoms with Crippen LogP contribution < -0.4 is 4.90 Å². The first-order valence-electron chi connectivity index (χ1n) is 14.8. The molecule has 1 saturated heterocycles. The summed E-state index contributed by atoms with van der Waals surface area (Å²) < 4.78 is 41.9. The number of hydrogen-bond acceptors (Lipinski definition) is 4. The Morgan fingerprint density at radius 3 is 2.36 bits per heavy atom. The first kappa shape index (κ1) is 28.5.